The third-order valence-corrected chi connectivity index (χ3v) is 5.83. The average molecular weight is 355 g/mol. The molecule has 2 saturated heterocycles. The van der Waals surface area contributed by atoms with Gasteiger partial charge in [-0.05, 0) is 44.6 Å². The molecule has 2 aliphatic heterocycles. The molecule has 1 aromatic carbocycles. The van der Waals surface area contributed by atoms with E-state index in [1.165, 1.54) is 0 Å². The molecule has 3 N–H and O–H groups in total. The van der Waals surface area contributed by atoms with E-state index >= 15 is 0 Å². The number of benzene rings is 1. The van der Waals surface area contributed by atoms with Gasteiger partial charge in [0, 0.05) is 29.7 Å². The first kappa shape index (κ1) is 17.1. The van der Waals surface area contributed by atoms with Gasteiger partial charge in [0.05, 0.1) is 11.7 Å². The highest BCUT2D eigenvalue weighted by Gasteiger charge is 2.36. The van der Waals surface area contributed by atoms with E-state index in [4.69, 9.17) is 10.5 Å². The Balaban J connectivity index is 1.42. The van der Waals surface area contributed by atoms with E-state index < -0.39 is 6.10 Å². The van der Waals surface area contributed by atoms with Crippen molar-refractivity contribution in [3.63, 3.8) is 0 Å². The SMILES string of the molecule is Cc1[nH]c2ccccc2c1C(=O)N1CCC([C@@H]2CC[C@H](C(N)=O)O2)CC1. The molecule has 26 heavy (non-hydrogen) atoms. The summed E-state index contributed by atoms with van der Waals surface area (Å²) in [4.78, 5) is 29.6. The smallest absolute Gasteiger partial charge is 0.256 e. The molecule has 2 atom stereocenters. The van der Waals surface area contributed by atoms with Crippen molar-refractivity contribution in [2.75, 3.05) is 13.1 Å². The summed E-state index contributed by atoms with van der Waals surface area (Å²) in [5, 5.41) is 0.987. The number of nitrogens with two attached hydrogens (primary N) is 1. The van der Waals surface area contributed by atoms with E-state index in [9.17, 15) is 9.59 Å². The van der Waals surface area contributed by atoms with Crippen molar-refractivity contribution in [1.29, 1.82) is 0 Å². The van der Waals surface area contributed by atoms with Crippen LogP contribution in [0, 0.1) is 12.8 Å². The van der Waals surface area contributed by atoms with E-state index in [0.717, 1.165) is 54.5 Å². The lowest BCUT2D eigenvalue weighted by Gasteiger charge is -2.34. The van der Waals surface area contributed by atoms with Crippen LogP contribution in [-0.4, -0.2) is 47.0 Å². The maximum Gasteiger partial charge on any atom is 0.256 e. The quantitative estimate of drug-likeness (QED) is 0.886. The molecule has 2 amide bonds. The van der Waals surface area contributed by atoms with Crippen LogP contribution in [0.25, 0.3) is 10.9 Å². The van der Waals surface area contributed by atoms with Crippen LogP contribution in [0.3, 0.4) is 0 Å². The standard InChI is InChI=1S/C20H25N3O3/c1-12-18(14-4-2-3-5-15(14)22-12)20(25)23-10-8-13(9-11-23)16-6-7-17(26-16)19(21)24/h2-5,13,16-17,22H,6-11H2,1H3,(H2,21,24)/t16-,17+/m0/s1. The topological polar surface area (TPSA) is 88.4 Å². The van der Waals surface area contributed by atoms with Crippen LogP contribution in [0.4, 0.5) is 0 Å². The summed E-state index contributed by atoms with van der Waals surface area (Å²) < 4.78 is 5.82. The zero-order valence-corrected chi connectivity index (χ0v) is 15.0. The van der Waals surface area contributed by atoms with Crippen molar-refractivity contribution in [2.24, 2.45) is 11.7 Å². The Hall–Kier alpha value is -2.34. The number of fused-ring (bicyclic) bond motifs is 1. The lowest BCUT2D eigenvalue weighted by atomic mass is 9.89. The van der Waals surface area contributed by atoms with E-state index in [1.54, 1.807) is 0 Å². The summed E-state index contributed by atoms with van der Waals surface area (Å²) in [6.45, 7) is 3.41. The van der Waals surface area contributed by atoms with Gasteiger partial charge in [0.2, 0.25) is 5.91 Å². The van der Waals surface area contributed by atoms with Crippen molar-refractivity contribution in [1.82, 2.24) is 9.88 Å². The van der Waals surface area contributed by atoms with Crippen molar-refractivity contribution >= 4 is 22.7 Å². The van der Waals surface area contributed by atoms with Gasteiger partial charge in [0.25, 0.3) is 5.91 Å². The summed E-state index contributed by atoms with van der Waals surface area (Å²) in [6.07, 6.45) is 3.07. The molecule has 2 fully saturated rings. The normalized spacial score (nSPS) is 24.3. The molecule has 4 rings (SSSR count). The van der Waals surface area contributed by atoms with Crippen LogP contribution < -0.4 is 5.73 Å². The number of piperidine rings is 1. The summed E-state index contributed by atoms with van der Waals surface area (Å²) in [6, 6.07) is 7.93. The Morgan fingerprint density at radius 1 is 1.15 bits per heavy atom. The largest absolute Gasteiger partial charge is 0.367 e. The van der Waals surface area contributed by atoms with Crippen molar-refractivity contribution < 1.29 is 14.3 Å². The molecule has 6 nitrogen and oxygen atoms in total. The number of likely N-dealkylation sites (tertiary alicyclic amines) is 1. The molecule has 0 radical (unpaired) electrons. The van der Waals surface area contributed by atoms with Gasteiger partial charge >= 0.3 is 0 Å². The lowest BCUT2D eigenvalue weighted by Crippen LogP contribution is -2.41. The number of aromatic amines is 1. The van der Waals surface area contributed by atoms with E-state index in [-0.39, 0.29) is 17.9 Å². The van der Waals surface area contributed by atoms with E-state index in [0.29, 0.717) is 12.3 Å². The fourth-order valence-corrected chi connectivity index (χ4v) is 4.40. The third kappa shape index (κ3) is 2.98. The molecule has 1 aromatic heterocycles. The van der Waals surface area contributed by atoms with Gasteiger partial charge in [0.1, 0.15) is 6.10 Å². The number of amides is 2. The number of nitrogens with zero attached hydrogens (tertiary/aromatic N) is 1. The second-order valence-corrected chi connectivity index (χ2v) is 7.44. The zero-order chi connectivity index (χ0) is 18.3. The van der Waals surface area contributed by atoms with Gasteiger partial charge in [-0.2, -0.15) is 0 Å². The predicted octanol–water partition coefficient (Wildman–Crippen LogP) is 2.36. The number of hydrogen-bond acceptors (Lipinski definition) is 3. The fourth-order valence-electron chi connectivity index (χ4n) is 4.40. The molecule has 2 aliphatic rings. The second-order valence-electron chi connectivity index (χ2n) is 7.44. The number of hydrogen-bond donors (Lipinski definition) is 2. The molecule has 0 saturated carbocycles. The first-order valence-electron chi connectivity index (χ1n) is 9.36. The van der Waals surface area contributed by atoms with Crippen molar-refractivity contribution in [3.05, 3.63) is 35.5 Å². The Kier molecular flexibility index (Phi) is 4.44. The summed E-state index contributed by atoms with van der Waals surface area (Å²) in [5.74, 6) is 0.128. The molecule has 0 aliphatic carbocycles. The summed E-state index contributed by atoms with van der Waals surface area (Å²) in [5.41, 5.74) is 8.05. The van der Waals surface area contributed by atoms with Crippen LogP contribution in [0.2, 0.25) is 0 Å². The zero-order valence-electron chi connectivity index (χ0n) is 15.0. The highest BCUT2D eigenvalue weighted by Crippen LogP contribution is 2.33. The first-order chi connectivity index (χ1) is 12.5. The van der Waals surface area contributed by atoms with Gasteiger partial charge in [-0.15, -0.1) is 0 Å². The predicted molar refractivity (Wildman–Crippen MR) is 98.8 cm³/mol. The minimum atomic E-state index is -0.437. The van der Waals surface area contributed by atoms with Crippen LogP contribution >= 0.6 is 0 Å². The molecular weight excluding hydrogens is 330 g/mol. The minimum absolute atomic E-state index is 0.0968. The summed E-state index contributed by atoms with van der Waals surface area (Å²) >= 11 is 0. The van der Waals surface area contributed by atoms with Crippen LogP contribution in [0.15, 0.2) is 24.3 Å². The molecule has 0 spiro atoms. The highest BCUT2D eigenvalue weighted by atomic mass is 16.5. The Labute approximate surface area is 152 Å². The highest BCUT2D eigenvalue weighted by molar-refractivity contribution is 6.08. The lowest BCUT2D eigenvalue weighted by molar-refractivity contribution is -0.130. The molecule has 0 bridgehead atoms. The van der Waals surface area contributed by atoms with Crippen LogP contribution in [0.1, 0.15) is 41.7 Å². The third-order valence-electron chi connectivity index (χ3n) is 5.83. The van der Waals surface area contributed by atoms with Crippen LogP contribution in [0.5, 0.6) is 0 Å². The number of aromatic nitrogens is 1. The van der Waals surface area contributed by atoms with Gasteiger partial charge < -0.3 is 20.4 Å². The van der Waals surface area contributed by atoms with Gasteiger partial charge in [0.15, 0.2) is 0 Å². The van der Waals surface area contributed by atoms with Crippen molar-refractivity contribution in [2.45, 2.75) is 44.8 Å². The van der Waals surface area contributed by atoms with E-state index in [2.05, 4.69) is 4.98 Å². The molecule has 0 unspecified atom stereocenters. The Morgan fingerprint density at radius 2 is 1.88 bits per heavy atom. The maximum atomic E-state index is 13.1. The molecule has 6 heteroatoms. The fraction of sp³-hybridized carbons (Fsp3) is 0.500. The van der Waals surface area contributed by atoms with Crippen LogP contribution in [-0.2, 0) is 9.53 Å². The minimum Gasteiger partial charge on any atom is -0.367 e. The number of H-pyrrole nitrogens is 1. The molecule has 138 valence electrons. The van der Waals surface area contributed by atoms with E-state index in [1.807, 2.05) is 36.1 Å². The number of primary amides is 1. The van der Waals surface area contributed by atoms with Gasteiger partial charge in [-0.3, -0.25) is 9.59 Å². The van der Waals surface area contributed by atoms with Gasteiger partial charge in [-0.25, -0.2) is 0 Å². The number of nitrogens with one attached hydrogen (secondary N) is 1. The second kappa shape index (κ2) is 6.76. The Bertz CT molecular complexity index is 836. The van der Waals surface area contributed by atoms with Gasteiger partial charge in [-0.1, -0.05) is 18.2 Å². The average Bonchev–Trinajstić information content (AvgIpc) is 3.25. The summed E-state index contributed by atoms with van der Waals surface area (Å²) in [7, 11) is 0. The number of para-hydroxylation sites is 1. The monoisotopic (exact) mass is 355 g/mol. The molecule has 2 aromatic rings. The number of ether oxygens (including phenoxy) is 1. The first-order valence-corrected chi connectivity index (χ1v) is 9.36. The number of carbonyl (C=O) groups is 2. The molecular formula is C20H25N3O3. The number of rotatable bonds is 3. The maximum absolute atomic E-state index is 13.1. The molecule has 3 heterocycles. The Morgan fingerprint density at radius 3 is 2.58 bits per heavy atom. The number of carbonyl (C=O) groups excluding carboxylic acids is 2. The number of aryl methyl sites for hydroxylation is 1. The van der Waals surface area contributed by atoms with Crippen molar-refractivity contribution in [3.8, 4) is 0 Å².